The molecule has 0 bridgehead atoms. The first-order valence-corrected chi connectivity index (χ1v) is 8.08. The maximum atomic E-state index is 12.7. The quantitative estimate of drug-likeness (QED) is 0.880. The van der Waals surface area contributed by atoms with Gasteiger partial charge < -0.3 is 9.88 Å². The number of aryl methyl sites for hydroxylation is 2. The Bertz CT molecular complexity index is 754. The van der Waals surface area contributed by atoms with Gasteiger partial charge in [0.05, 0.1) is 10.3 Å². The van der Waals surface area contributed by atoms with E-state index in [1.807, 2.05) is 11.8 Å². The van der Waals surface area contributed by atoms with Gasteiger partial charge in [-0.25, -0.2) is 4.98 Å². The van der Waals surface area contributed by atoms with Crippen LogP contribution in [0.1, 0.15) is 40.8 Å². The normalized spacial score (nSPS) is 16.6. The average molecular weight is 305 g/mol. The highest BCUT2D eigenvalue weighted by Gasteiger charge is 2.26. The Hall–Kier alpha value is -1.69. The number of carbonyl (C=O) groups excluding carboxylic acids is 1. The van der Waals surface area contributed by atoms with Crippen molar-refractivity contribution in [3.63, 3.8) is 0 Å². The molecule has 0 radical (unpaired) electrons. The first kappa shape index (κ1) is 14.3. The van der Waals surface area contributed by atoms with Crippen LogP contribution < -0.4 is 5.56 Å². The zero-order chi connectivity index (χ0) is 15.1. The molecule has 3 heterocycles. The van der Waals surface area contributed by atoms with Gasteiger partial charge in [-0.3, -0.25) is 9.59 Å². The molecular weight excluding hydrogens is 286 g/mol. The number of carbonyl (C=O) groups is 1. The van der Waals surface area contributed by atoms with Crippen molar-refractivity contribution in [2.75, 3.05) is 13.1 Å². The Kier molecular flexibility index (Phi) is 3.57. The first-order valence-electron chi connectivity index (χ1n) is 7.26. The lowest BCUT2D eigenvalue weighted by Gasteiger charge is -2.30. The third-order valence-electron chi connectivity index (χ3n) is 4.18. The molecule has 21 heavy (non-hydrogen) atoms. The molecule has 0 atom stereocenters. The van der Waals surface area contributed by atoms with Gasteiger partial charge in [0, 0.05) is 13.1 Å². The maximum Gasteiger partial charge on any atom is 0.264 e. The van der Waals surface area contributed by atoms with E-state index in [2.05, 4.69) is 16.9 Å². The summed E-state index contributed by atoms with van der Waals surface area (Å²) in [4.78, 5) is 35.0. The molecule has 0 aliphatic carbocycles. The van der Waals surface area contributed by atoms with Gasteiger partial charge in [0.15, 0.2) is 0 Å². The van der Waals surface area contributed by atoms with Crippen LogP contribution in [0.25, 0.3) is 10.2 Å². The summed E-state index contributed by atoms with van der Waals surface area (Å²) in [6.45, 7) is 7.42. The summed E-state index contributed by atoms with van der Waals surface area (Å²) < 4.78 is 0. The highest BCUT2D eigenvalue weighted by Crippen LogP contribution is 2.29. The number of likely N-dealkylation sites (tertiary alicyclic amines) is 1. The third-order valence-corrected chi connectivity index (χ3v) is 5.36. The van der Waals surface area contributed by atoms with E-state index in [4.69, 9.17) is 0 Å². The molecule has 0 spiro atoms. The highest BCUT2D eigenvalue weighted by molar-refractivity contribution is 7.20. The second-order valence-corrected chi connectivity index (χ2v) is 6.86. The molecule has 112 valence electrons. The number of amides is 1. The Labute approximate surface area is 127 Å². The molecule has 0 aromatic carbocycles. The van der Waals surface area contributed by atoms with Gasteiger partial charge >= 0.3 is 0 Å². The number of nitrogens with zero attached hydrogens (tertiary/aromatic N) is 2. The number of nitrogens with one attached hydrogen (secondary N) is 1. The lowest BCUT2D eigenvalue weighted by molar-refractivity contribution is 0.0701. The monoisotopic (exact) mass is 305 g/mol. The minimum absolute atomic E-state index is 0.0412. The molecule has 5 nitrogen and oxygen atoms in total. The zero-order valence-corrected chi connectivity index (χ0v) is 13.3. The lowest BCUT2D eigenvalue weighted by atomic mass is 9.99. The van der Waals surface area contributed by atoms with Crippen molar-refractivity contribution in [3.8, 4) is 0 Å². The van der Waals surface area contributed by atoms with E-state index in [1.165, 1.54) is 11.3 Å². The van der Waals surface area contributed by atoms with Crippen LogP contribution in [0.15, 0.2) is 4.79 Å². The van der Waals surface area contributed by atoms with Crippen LogP contribution >= 0.6 is 11.3 Å². The van der Waals surface area contributed by atoms with E-state index >= 15 is 0 Å². The van der Waals surface area contributed by atoms with Gasteiger partial charge in [-0.05, 0) is 38.2 Å². The molecule has 1 N–H and O–H groups in total. The van der Waals surface area contributed by atoms with E-state index in [-0.39, 0.29) is 11.5 Å². The SMILES string of the molecule is Cc1nc2sc(C(=O)N3CCC(C)CC3)c(C)c2c(=O)[nH]1. The Morgan fingerprint density at radius 2 is 2.00 bits per heavy atom. The molecular formula is C15H19N3O2S. The number of hydrogen-bond donors (Lipinski definition) is 1. The van der Waals surface area contributed by atoms with E-state index in [0.717, 1.165) is 31.5 Å². The van der Waals surface area contributed by atoms with Crippen molar-refractivity contribution in [2.45, 2.75) is 33.6 Å². The van der Waals surface area contributed by atoms with Gasteiger partial charge in [0.25, 0.3) is 11.5 Å². The molecule has 3 rings (SSSR count). The number of rotatable bonds is 1. The van der Waals surface area contributed by atoms with Gasteiger partial charge in [0.1, 0.15) is 10.7 Å². The number of aromatic nitrogens is 2. The molecule has 6 heteroatoms. The van der Waals surface area contributed by atoms with Crippen molar-refractivity contribution in [1.82, 2.24) is 14.9 Å². The molecule has 0 saturated carbocycles. The van der Waals surface area contributed by atoms with E-state index < -0.39 is 0 Å². The van der Waals surface area contributed by atoms with Crippen LogP contribution in [-0.4, -0.2) is 33.9 Å². The van der Waals surface area contributed by atoms with Gasteiger partial charge in [-0.2, -0.15) is 0 Å². The summed E-state index contributed by atoms with van der Waals surface area (Å²) >= 11 is 1.33. The predicted molar refractivity (Wildman–Crippen MR) is 84.0 cm³/mol. The van der Waals surface area contributed by atoms with Crippen molar-refractivity contribution in [2.24, 2.45) is 5.92 Å². The van der Waals surface area contributed by atoms with Gasteiger partial charge in [-0.15, -0.1) is 11.3 Å². The second-order valence-electron chi connectivity index (χ2n) is 5.86. The highest BCUT2D eigenvalue weighted by atomic mass is 32.1. The molecule has 2 aromatic heterocycles. The van der Waals surface area contributed by atoms with Crippen LogP contribution in [0.4, 0.5) is 0 Å². The molecule has 1 aliphatic rings. The second kappa shape index (κ2) is 5.26. The van der Waals surface area contributed by atoms with Crippen LogP contribution in [0.5, 0.6) is 0 Å². The Balaban J connectivity index is 2.01. The third kappa shape index (κ3) is 2.48. The summed E-state index contributed by atoms with van der Waals surface area (Å²) in [6, 6.07) is 0. The summed E-state index contributed by atoms with van der Waals surface area (Å²) in [7, 11) is 0. The smallest absolute Gasteiger partial charge is 0.264 e. The average Bonchev–Trinajstić information content (AvgIpc) is 2.76. The fourth-order valence-corrected chi connectivity index (χ4v) is 4.01. The Morgan fingerprint density at radius 3 is 2.67 bits per heavy atom. The van der Waals surface area contributed by atoms with E-state index in [1.54, 1.807) is 6.92 Å². The molecule has 1 fully saturated rings. The van der Waals surface area contributed by atoms with Crippen molar-refractivity contribution in [3.05, 3.63) is 26.6 Å². The number of H-pyrrole nitrogens is 1. The van der Waals surface area contributed by atoms with Crippen LogP contribution in [-0.2, 0) is 0 Å². The summed E-state index contributed by atoms with van der Waals surface area (Å²) in [5, 5.41) is 0.555. The van der Waals surface area contributed by atoms with Crippen LogP contribution in [0, 0.1) is 19.8 Å². The van der Waals surface area contributed by atoms with E-state index in [0.29, 0.717) is 26.8 Å². The predicted octanol–water partition coefficient (Wildman–Crippen LogP) is 2.47. The maximum absolute atomic E-state index is 12.7. The summed E-state index contributed by atoms with van der Waals surface area (Å²) in [5.41, 5.74) is 0.602. The van der Waals surface area contributed by atoms with Gasteiger partial charge in [0.2, 0.25) is 0 Å². The number of thiophene rings is 1. The zero-order valence-electron chi connectivity index (χ0n) is 12.5. The molecule has 1 saturated heterocycles. The van der Waals surface area contributed by atoms with Crippen LogP contribution in [0.3, 0.4) is 0 Å². The van der Waals surface area contributed by atoms with Crippen molar-refractivity contribution < 1.29 is 4.79 Å². The molecule has 1 amide bonds. The number of piperidine rings is 1. The van der Waals surface area contributed by atoms with Crippen molar-refractivity contribution in [1.29, 1.82) is 0 Å². The lowest BCUT2D eigenvalue weighted by Crippen LogP contribution is -2.37. The largest absolute Gasteiger partial charge is 0.338 e. The minimum Gasteiger partial charge on any atom is -0.338 e. The number of fused-ring (bicyclic) bond motifs is 1. The topological polar surface area (TPSA) is 66.1 Å². The standard InChI is InChI=1S/C15H19N3O2S/c1-8-4-6-18(7-5-8)15(20)12-9(2)11-13(19)16-10(3)17-14(11)21-12/h8H,4-7H2,1-3H3,(H,16,17,19). The molecule has 1 aliphatic heterocycles. The molecule has 2 aromatic rings. The fraction of sp³-hybridized carbons (Fsp3) is 0.533. The fourth-order valence-electron chi connectivity index (χ4n) is 2.81. The Morgan fingerprint density at radius 1 is 1.33 bits per heavy atom. The molecule has 0 unspecified atom stereocenters. The number of aromatic amines is 1. The van der Waals surface area contributed by atoms with Crippen molar-refractivity contribution >= 4 is 27.5 Å². The first-order chi connectivity index (χ1) is 9.97. The number of hydrogen-bond acceptors (Lipinski definition) is 4. The van der Waals surface area contributed by atoms with Gasteiger partial charge in [-0.1, -0.05) is 6.92 Å². The summed E-state index contributed by atoms with van der Waals surface area (Å²) in [6.07, 6.45) is 2.10. The minimum atomic E-state index is -0.155. The summed E-state index contributed by atoms with van der Waals surface area (Å²) in [5.74, 6) is 1.31. The van der Waals surface area contributed by atoms with Crippen LogP contribution in [0.2, 0.25) is 0 Å². The van der Waals surface area contributed by atoms with E-state index in [9.17, 15) is 9.59 Å².